The van der Waals surface area contributed by atoms with Gasteiger partial charge in [0.2, 0.25) is 23.6 Å². The number of carbonyl (C=O) groups is 5. The van der Waals surface area contributed by atoms with E-state index in [9.17, 15) is 32.8 Å². The molecule has 374 valence electrons. The molecule has 4 fully saturated rings. The summed E-state index contributed by atoms with van der Waals surface area (Å²) in [6, 6.07) is 22.2. The molecule has 71 heavy (non-hydrogen) atoms. The molecule has 0 spiro atoms. The van der Waals surface area contributed by atoms with Crippen LogP contribution in [0.3, 0.4) is 0 Å². The molecule has 4 aliphatic rings. The SMILES string of the molecule is CN1CCN(c2ccc(C(=O)Nc3n[nH]c4ccc(Cc5cc(F)cc(F)c5)cc34)c(NC3CCN(C(=O)CCOCCC(=O)N4CCN(c5ccc(NC6CCC(=O)NC6=O)cc5)CC4)CC3)c2)CC1. The smallest absolute Gasteiger partial charge is 0.258 e. The van der Waals surface area contributed by atoms with Crippen LogP contribution in [0.15, 0.2) is 78.9 Å². The van der Waals surface area contributed by atoms with Crippen LogP contribution in [0.2, 0.25) is 0 Å². The first-order chi connectivity index (χ1) is 34.4. The second-order valence-electron chi connectivity index (χ2n) is 18.9. The highest BCUT2D eigenvalue weighted by atomic mass is 19.1. The van der Waals surface area contributed by atoms with Crippen LogP contribution in [0.25, 0.3) is 10.9 Å². The standard InChI is InChI=1S/C52H61F2N11O6/c1-61-18-20-63(21-19-61)41-7-8-42(51(69)58-50-43-31-34(2-9-44(43)59-60-50)28-35-29-36(53)32-37(54)30-35)46(33-41)56-39-12-16-64(17-13-39)48(67)14-26-71-27-15-49(68)65-24-22-62(23-25-65)40-5-3-38(4-6-40)55-45-10-11-47(66)57-52(45)70/h2-9,29-33,39,45,55-56H,10-28H2,1H3,(H,57,66,70)(H2,58,59,60,69). The molecule has 1 atom stereocenters. The molecule has 5 heterocycles. The average molecular weight is 974 g/mol. The van der Waals surface area contributed by atoms with Gasteiger partial charge in [0, 0.05) is 112 Å². The van der Waals surface area contributed by atoms with Crippen LogP contribution in [0.5, 0.6) is 0 Å². The summed E-state index contributed by atoms with van der Waals surface area (Å²) in [4.78, 5) is 74.5. The molecule has 4 saturated heterocycles. The number of amides is 5. The average Bonchev–Trinajstić information content (AvgIpc) is 3.76. The van der Waals surface area contributed by atoms with E-state index in [0.717, 1.165) is 54.9 Å². The van der Waals surface area contributed by atoms with E-state index < -0.39 is 17.7 Å². The maximum absolute atomic E-state index is 14.1. The van der Waals surface area contributed by atoms with E-state index >= 15 is 0 Å². The number of anilines is 5. The summed E-state index contributed by atoms with van der Waals surface area (Å²) in [6.07, 6.45) is 2.89. The Labute approximate surface area is 411 Å². The fourth-order valence-corrected chi connectivity index (χ4v) is 9.75. The first-order valence-corrected chi connectivity index (χ1v) is 24.6. The van der Waals surface area contributed by atoms with Crippen LogP contribution < -0.4 is 31.1 Å². The van der Waals surface area contributed by atoms with E-state index in [0.29, 0.717) is 105 Å². The van der Waals surface area contributed by atoms with Crippen molar-refractivity contribution in [2.75, 3.05) is 111 Å². The number of hydrogen-bond donors (Lipinski definition) is 5. The number of nitrogens with zero attached hydrogens (tertiary/aromatic N) is 6. The van der Waals surface area contributed by atoms with Gasteiger partial charge in [-0.3, -0.25) is 34.4 Å². The Balaban J connectivity index is 0.725. The van der Waals surface area contributed by atoms with E-state index in [4.69, 9.17) is 4.74 Å². The van der Waals surface area contributed by atoms with Crippen LogP contribution in [0.4, 0.5) is 37.3 Å². The molecule has 19 heteroatoms. The molecule has 0 saturated carbocycles. The quantitative estimate of drug-likeness (QED) is 0.0644. The van der Waals surface area contributed by atoms with Gasteiger partial charge in [0.1, 0.15) is 17.7 Å². The number of nitrogens with one attached hydrogen (secondary N) is 5. The minimum Gasteiger partial charge on any atom is -0.381 e. The lowest BCUT2D eigenvalue weighted by Crippen LogP contribution is -2.49. The first kappa shape index (κ1) is 48.9. The van der Waals surface area contributed by atoms with Crippen molar-refractivity contribution in [1.82, 2.24) is 30.2 Å². The van der Waals surface area contributed by atoms with Gasteiger partial charge in [-0.25, -0.2) is 8.78 Å². The normalized spacial score (nSPS) is 18.2. The van der Waals surface area contributed by atoms with Crippen molar-refractivity contribution in [2.24, 2.45) is 0 Å². The number of imide groups is 1. The van der Waals surface area contributed by atoms with Gasteiger partial charge in [0.25, 0.3) is 5.91 Å². The number of H-pyrrole nitrogens is 1. The maximum atomic E-state index is 14.1. The number of benzene rings is 4. The molecular weight excluding hydrogens is 913 g/mol. The topological polar surface area (TPSA) is 188 Å². The Morgan fingerprint density at radius 3 is 2.04 bits per heavy atom. The lowest BCUT2D eigenvalue weighted by molar-refractivity contribution is -0.135. The maximum Gasteiger partial charge on any atom is 0.258 e. The summed E-state index contributed by atoms with van der Waals surface area (Å²) in [5.41, 5.74) is 5.98. The van der Waals surface area contributed by atoms with Gasteiger partial charge in [-0.1, -0.05) is 6.07 Å². The number of piperidine rings is 2. The number of halogens is 2. The number of carbonyl (C=O) groups excluding carboxylic acids is 5. The molecule has 0 radical (unpaired) electrons. The molecule has 0 bridgehead atoms. The molecular formula is C52H61F2N11O6. The van der Waals surface area contributed by atoms with E-state index in [1.807, 2.05) is 70.5 Å². The van der Waals surface area contributed by atoms with Crippen molar-refractivity contribution in [3.8, 4) is 0 Å². The molecule has 9 rings (SSSR count). The van der Waals surface area contributed by atoms with Crippen LogP contribution in [0, 0.1) is 11.6 Å². The van der Waals surface area contributed by atoms with Crippen LogP contribution in [-0.4, -0.2) is 152 Å². The van der Waals surface area contributed by atoms with Crippen molar-refractivity contribution in [1.29, 1.82) is 0 Å². The van der Waals surface area contributed by atoms with E-state index in [-0.39, 0.29) is 61.6 Å². The molecule has 5 N–H and O–H groups in total. The summed E-state index contributed by atoms with van der Waals surface area (Å²) in [6.45, 7) is 7.68. The van der Waals surface area contributed by atoms with E-state index in [1.54, 1.807) is 0 Å². The van der Waals surface area contributed by atoms with Crippen molar-refractivity contribution in [3.63, 3.8) is 0 Å². The van der Waals surface area contributed by atoms with Crippen molar-refractivity contribution in [2.45, 2.75) is 57.0 Å². The summed E-state index contributed by atoms with van der Waals surface area (Å²) < 4.78 is 33.7. The number of fused-ring (bicyclic) bond motifs is 1. The molecule has 17 nitrogen and oxygen atoms in total. The number of ether oxygens (including phenoxy) is 1. The lowest BCUT2D eigenvalue weighted by Gasteiger charge is -2.36. The minimum absolute atomic E-state index is 0.000276. The predicted molar refractivity (Wildman–Crippen MR) is 268 cm³/mol. The minimum atomic E-state index is -0.641. The zero-order chi connectivity index (χ0) is 49.4. The molecule has 0 aliphatic carbocycles. The molecule has 1 unspecified atom stereocenters. The number of aromatic amines is 1. The number of likely N-dealkylation sites (N-methyl/N-ethyl adjacent to an activating group) is 1. The van der Waals surface area contributed by atoms with Gasteiger partial charge in [-0.15, -0.1) is 0 Å². The zero-order valence-corrected chi connectivity index (χ0v) is 40.0. The predicted octanol–water partition coefficient (Wildman–Crippen LogP) is 5.20. The summed E-state index contributed by atoms with van der Waals surface area (Å²) in [7, 11) is 2.11. The Kier molecular flexibility index (Phi) is 15.4. The monoisotopic (exact) mass is 973 g/mol. The van der Waals surface area contributed by atoms with E-state index in [2.05, 4.69) is 53.2 Å². The van der Waals surface area contributed by atoms with Gasteiger partial charge in [0.15, 0.2) is 5.82 Å². The van der Waals surface area contributed by atoms with Crippen molar-refractivity contribution in [3.05, 3.63) is 107 Å². The Hall–Kier alpha value is -7.12. The largest absolute Gasteiger partial charge is 0.381 e. The third kappa shape index (κ3) is 12.4. The first-order valence-electron chi connectivity index (χ1n) is 24.6. The highest BCUT2D eigenvalue weighted by Gasteiger charge is 2.28. The molecule has 1 aromatic heterocycles. The Bertz CT molecular complexity index is 2710. The summed E-state index contributed by atoms with van der Waals surface area (Å²) >= 11 is 0. The number of rotatable bonds is 16. The number of hydrogen-bond acceptors (Lipinski definition) is 12. The molecule has 5 amide bonds. The highest BCUT2D eigenvalue weighted by molar-refractivity contribution is 6.11. The Morgan fingerprint density at radius 1 is 0.704 bits per heavy atom. The zero-order valence-electron chi connectivity index (χ0n) is 40.0. The van der Waals surface area contributed by atoms with E-state index in [1.165, 1.54) is 12.1 Å². The third-order valence-electron chi connectivity index (χ3n) is 13.9. The second-order valence-corrected chi connectivity index (χ2v) is 18.9. The second kappa shape index (κ2) is 22.3. The highest BCUT2D eigenvalue weighted by Crippen LogP contribution is 2.30. The molecule has 5 aromatic rings. The Morgan fingerprint density at radius 2 is 1.35 bits per heavy atom. The van der Waals surface area contributed by atoms with Gasteiger partial charge in [0.05, 0.1) is 37.1 Å². The number of likely N-dealkylation sites (tertiary alicyclic amines) is 1. The number of piperazine rings is 2. The van der Waals surface area contributed by atoms with Crippen LogP contribution >= 0.6 is 0 Å². The molecule has 4 aromatic carbocycles. The van der Waals surface area contributed by atoms with Crippen molar-refractivity contribution >= 4 is 69.0 Å². The van der Waals surface area contributed by atoms with Crippen molar-refractivity contribution < 1.29 is 37.5 Å². The third-order valence-corrected chi connectivity index (χ3v) is 13.9. The van der Waals surface area contributed by atoms with Gasteiger partial charge < -0.3 is 45.2 Å². The van der Waals surface area contributed by atoms with Gasteiger partial charge in [-0.2, -0.15) is 5.10 Å². The molecule has 4 aliphatic heterocycles. The lowest BCUT2D eigenvalue weighted by atomic mass is 10.0. The fourth-order valence-electron chi connectivity index (χ4n) is 9.75. The summed E-state index contributed by atoms with van der Waals surface area (Å²) in [5, 5.41) is 20.3. The number of aromatic nitrogens is 2. The fraction of sp³-hybridized carbons (Fsp3) is 0.423. The van der Waals surface area contributed by atoms with Gasteiger partial charge >= 0.3 is 0 Å². The van der Waals surface area contributed by atoms with Crippen LogP contribution in [0.1, 0.15) is 60.0 Å². The summed E-state index contributed by atoms with van der Waals surface area (Å²) in [5.74, 6) is -1.82. The van der Waals surface area contributed by atoms with Gasteiger partial charge in [-0.05, 0) is 111 Å². The van der Waals surface area contributed by atoms with Crippen LogP contribution in [-0.2, 0) is 30.3 Å².